The van der Waals surface area contributed by atoms with E-state index in [1.165, 1.54) is 11.1 Å². The zero-order valence-corrected chi connectivity index (χ0v) is 22.6. The van der Waals surface area contributed by atoms with Crippen LogP contribution in [0, 0.1) is 11.8 Å². The minimum atomic E-state index is -0.376. The van der Waals surface area contributed by atoms with Gasteiger partial charge < -0.3 is 19.9 Å². The Morgan fingerprint density at radius 2 is 1.95 bits per heavy atom. The average Bonchev–Trinajstić information content (AvgIpc) is 3.49. The number of piperidine rings is 2. The molecule has 3 atom stereocenters. The summed E-state index contributed by atoms with van der Waals surface area (Å²) in [4.78, 5) is 20.6. The zero-order valence-electron chi connectivity index (χ0n) is 21.1. The molecule has 0 bridgehead atoms. The molecule has 3 aromatic rings. The van der Waals surface area contributed by atoms with Crippen LogP contribution in [0.4, 0.5) is 0 Å². The molecule has 2 aromatic carbocycles. The lowest BCUT2D eigenvalue weighted by atomic mass is 9.68. The number of hydrogen-bond donors (Lipinski definition) is 2. The standard InChI is InChI=1S/C30H33Cl2N3O2/c1-19-17-34(13-10-30(19)9-6-20-4-2-3-5-24(20)30)18-28(36)21-7-11-35(12-8-21)29(37)27-16-23-25(32)14-22(31)15-26(23)33-27/h2-6,9,14-16,19,21,28,33,36H,7-8,10-13,17-18H2,1H3/t19-,28-,30-/m1/s1. The molecule has 0 unspecified atom stereocenters. The lowest BCUT2D eigenvalue weighted by Crippen LogP contribution is -2.51. The highest BCUT2D eigenvalue weighted by atomic mass is 35.5. The number of fused-ring (bicyclic) bond motifs is 3. The van der Waals surface area contributed by atoms with E-state index in [1.807, 2.05) is 4.90 Å². The second-order valence-corrected chi connectivity index (χ2v) is 11.9. The second kappa shape index (κ2) is 9.77. The molecule has 2 N–H and O–H groups in total. The van der Waals surface area contributed by atoms with Gasteiger partial charge in [0.25, 0.3) is 5.91 Å². The minimum Gasteiger partial charge on any atom is -0.392 e. The molecule has 2 aliphatic heterocycles. The van der Waals surface area contributed by atoms with Crippen molar-refractivity contribution in [3.05, 3.63) is 75.4 Å². The van der Waals surface area contributed by atoms with Crippen LogP contribution in [0.5, 0.6) is 0 Å². The maximum atomic E-state index is 13.1. The third-order valence-corrected chi connectivity index (χ3v) is 9.51. The summed E-state index contributed by atoms with van der Waals surface area (Å²) in [6.07, 6.45) is 7.02. The largest absolute Gasteiger partial charge is 0.392 e. The highest BCUT2D eigenvalue weighted by Gasteiger charge is 2.43. The van der Waals surface area contributed by atoms with E-state index in [1.54, 1.807) is 18.2 Å². The Morgan fingerprint density at radius 3 is 2.73 bits per heavy atom. The number of benzene rings is 2. The second-order valence-electron chi connectivity index (χ2n) is 11.1. The fourth-order valence-electron chi connectivity index (χ4n) is 6.79. The Labute approximate surface area is 228 Å². The molecule has 6 rings (SSSR count). The summed E-state index contributed by atoms with van der Waals surface area (Å²) in [5.74, 6) is 0.669. The number of nitrogens with zero attached hydrogens (tertiary/aromatic N) is 2. The quantitative estimate of drug-likeness (QED) is 0.429. The van der Waals surface area contributed by atoms with Crippen molar-refractivity contribution in [2.75, 3.05) is 32.7 Å². The maximum absolute atomic E-state index is 13.1. The number of aromatic amines is 1. The zero-order chi connectivity index (χ0) is 25.7. The summed E-state index contributed by atoms with van der Waals surface area (Å²) in [5, 5.41) is 13.0. The average molecular weight is 539 g/mol. The van der Waals surface area contributed by atoms with Gasteiger partial charge in [-0.25, -0.2) is 0 Å². The SMILES string of the molecule is C[C@@H]1CN(C[C@@H](O)C2CCN(C(=O)c3cc4c(Cl)cc(Cl)cc4[nH]3)CC2)CC[C@]12C=Cc1ccccc12. The molecule has 0 saturated carbocycles. The first-order chi connectivity index (χ1) is 17.8. The van der Waals surface area contributed by atoms with Gasteiger partial charge in [-0.3, -0.25) is 4.79 Å². The van der Waals surface area contributed by atoms with Gasteiger partial charge in [-0.15, -0.1) is 0 Å². The molecule has 0 radical (unpaired) electrons. The Kier molecular flexibility index (Phi) is 6.60. The van der Waals surface area contributed by atoms with Crippen molar-refractivity contribution in [3.8, 4) is 0 Å². The summed E-state index contributed by atoms with van der Waals surface area (Å²) < 4.78 is 0. The van der Waals surface area contributed by atoms with Crippen LogP contribution < -0.4 is 0 Å². The normalized spacial score (nSPS) is 25.2. The van der Waals surface area contributed by atoms with Gasteiger partial charge >= 0.3 is 0 Å². The molecule has 194 valence electrons. The van der Waals surface area contributed by atoms with Crippen LogP contribution >= 0.6 is 23.2 Å². The predicted octanol–water partition coefficient (Wildman–Crippen LogP) is 5.99. The molecule has 2 saturated heterocycles. The van der Waals surface area contributed by atoms with Crippen molar-refractivity contribution in [3.63, 3.8) is 0 Å². The molecule has 7 heteroatoms. The van der Waals surface area contributed by atoms with E-state index in [0.29, 0.717) is 41.3 Å². The highest BCUT2D eigenvalue weighted by molar-refractivity contribution is 6.38. The van der Waals surface area contributed by atoms with E-state index in [0.717, 1.165) is 43.3 Å². The minimum absolute atomic E-state index is 0.0311. The first kappa shape index (κ1) is 25.0. The molecule has 1 spiro atoms. The van der Waals surface area contributed by atoms with E-state index in [9.17, 15) is 9.90 Å². The van der Waals surface area contributed by atoms with E-state index >= 15 is 0 Å². The molecule has 5 nitrogen and oxygen atoms in total. The van der Waals surface area contributed by atoms with Gasteiger partial charge in [0.05, 0.1) is 11.1 Å². The number of H-pyrrole nitrogens is 1. The number of aromatic nitrogens is 1. The topological polar surface area (TPSA) is 59.6 Å². The number of hydrogen-bond acceptors (Lipinski definition) is 3. The van der Waals surface area contributed by atoms with Gasteiger partial charge in [0.15, 0.2) is 0 Å². The van der Waals surface area contributed by atoms with E-state index < -0.39 is 0 Å². The first-order valence-corrected chi connectivity index (χ1v) is 14.1. The van der Waals surface area contributed by atoms with Crippen molar-refractivity contribution in [1.82, 2.24) is 14.8 Å². The monoisotopic (exact) mass is 537 g/mol. The molecule has 3 aliphatic rings. The van der Waals surface area contributed by atoms with Gasteiger partial charge in [-0.2, -0.15) is 0 Å². The molecule has 2 fully saturated rings. The molecule has 37 heavy (non-hydrogen) atoms. The van der Waals surface area contributed by atoms with Crippen LogP contribution in [-0.4, -0.2) is 64.6 Å². The van der Waals surface area contributed by atoms with Crippen molar-refractivity contribution >= 4 is 46.1 Å². The summed E-state index contributed by atoms with van der Waals surface area (Å²) in [6.45, 7) is 6.31. The number of aliphatic hydroxyl groups excluding tert-OH is 1. The molecule has 3 heterocycles. The molecular weight excluding hydrogens is 505 g/mol. The van der Waals surface area contributed by atoms with E-state index in [-0.39, 0.29) is 23.3 Å². The Morgan fingerprint density at radius 1 is 1.16 bits per heavy atom. The third kappa shape index (κ3) is 4.50. The van der Waals surface area contributed by atoms with Crippen LogP contribution in [-0.2, 0) is 5.41 Å². The number of carbonyl (C=O) groups is 1. The Balaban J connectivity index is 1.04. The highest BCUT2D eigenvalue weighted by Crippen LogP contribution is 2.46. The summed E-state index contributed by atoms with van der Waals surface area (Å²) in [6, 6.07) is 14.0. The number of carbonyl (C=O) groups excluding carboxylic acids is 1. The maximum Gasteiger partial charge on any atom is 0.270 e. The lowest BCUT2D eigenvalue weighted by Gasteiger charge is -2.45. The Hall–Kier alpha value is -2.31. The van der Waals surface area contributed by atoms with Gasteiger partial charge in [0.1, 0.15) is 5.69 Å². The molecular formula is C30H33Cl2N3O2. The summed E-state index contributed by atoms with van der Waals surface area (Å²) >= 11 is 12.4. The van der Waals surface area contributed by atoms with Crippen LogP contribution in [0.3, 0.4) is 0 Å². The fourth-order valence-corrected chi connectivity index (χ4v) is 7.33. The number of rotatable bonds is 4. The summed E-state index contributed by atoms with van der Waals surface area (Å²) in [7, 11) is 0. The van der Waals surface area contributed by atoms with Crippen LogP contribution in [0.2, 0.25) is 10.0 Å². The van der Waals surface area contributed by atoms with Crippen molar-refractivity contribution < 1.29 is 9.90 Å². The third-order valence-electron chi connectivity index (χ3n) is 8.97. The van der Waals surface area contributed by atoms with Gasteiger partial charge in [-0.1, -0.05) is 66.5 Å². The van der Waals surface area contributed by atoms with Gasteiger partial charge in [0.2, 0.25) is 0 Å². The number of halogens is 2. The van der Waals surface area contributed by atoms with Crippen molar-refractivity contribution in [1.29, 1.82) is 0 Å². The number of amides is 1. The van der Waals surface area contributed by atoms with Crippen LogP contribution in [0.15, 0.2) is 48.5 Å². The van der Waals surface area contributed by atoms with E-state index in [2.05, 4.69) is 53.2 Å². The number of β-amino-alcohol motifs (C(OH)–C–C–N with tert-alkyl or cyclic N) is 1. The van der Waals surface area contributed by atoms with Gasteiger partial charge in [-0.05, 0) is 67.0 Å². The number of aliphatic hydroxyl groups is 1. The smallest absolute Gasteiger partial charge is 0.270 e. The first-order valence-electron chi connectivity index (χ1n) is 13.3. The van der Waals surface area contributed by atoms with Crippen molar-refractivity contribution in [2.24, 2.45) is 11.8 Å². The van der Waals surface area contributed by atoms with E-state index in [4.69, 9.17) is 23.2 Å². The number of likely N-dealkylation sites (tertiary alicyclic amines) is 2. The lowest BCUT2D eigenvalue weighted by molar-refractivity contribution is 0.0138. The fraction of sp³-hybridized carbons (Fsp3) is 0.433. The van der Waals surface area contributed by atoms with Crippen molar-refractivity contribution in [2.45, 2.75) is 37.7 Å². The predicted molar refractivity (Wildman–Crippen MR) is 150 cm³/mol. The molecule has 1 aromatic heterocycles. The van der Waals surface area contributed by atoms with Crippen LogP contribution in [0.1, 0.15) is 47.8 Å². The molecule has 1 amide bonds. The molecule has 1 aliphatic carbocycles. The number of nitrogens with one attached hydrogen (secondary N) is 1. The van der Waals surface area contributed by atoms with Gasteiger partial charge in [0, 0.05) is 47.5 Å². The number of allylic oxidation sites excluding steroid dienone is 1. The Bertz CT molecular complexity index is 1360. The summed E-state index contributed by atoms with van der Waals surface area (Å²) in [5.41, 5.74) is 4.22. The van der Waals surface area contributed by atoms with Crippen LogP contribution in [0.25, 0.3) is 17.0 Å².